The van der Waals surface area contributed by atoms with Crippen molar-refractivity contribution in [3.8, 4) is 5.75 Å². The van der Waals surface area contributed by atoms with E-state index in [1.165, 1.54) is 0 Å². The van der Waals surface area contributed by atoms with Crippen molar-refractivity contribution in [2.45, 2.75) is 12.8 Å². The summed E-state index contributed by atoms with van der Waals surface area (Å²) < 4.78 is 5.34. The summed E-state index contributed by atoms with van der Waals surface area (Å²) >= 11 is 1.65. The zero-order valence-corrected chi connectivity index (χ0v) is 14.1. The smallest absolute Gasteiger partial charge is 0.223 e. The number of benzene rings is 1. The van der Waals surface area contributed by atoms with E-state index < -0.39 is 0 Å². The van der Waals surface area contributed by atoms with E-state index in [0.29, 0.717) is 6.42 Å². The Morgan fingerprint density at radius 3 is 2.74 bits per heavy atom. The molecule has 0 radical (unpaired) electrons. The van der Waals surface area contributed by atoms with Gasteiger partial charge in [-0.15, -0.1) is 11.3 Å². The molecule has 1 aromatic heterocycles. The molecule has 1 aromatic carbocycles. The van der Waals surface area contributed by atoms with Crippen molar-refractivity contribution in [3.63, 3.8) is 0 Å². The van der Waals surface area contributed by atoms with E-state index in [0.717, 1.165) is 49.0 Å². The summed E-state index contributed by atoms with van der Waals surface area (Å²) in [5.41, 5.74) is 1.09. The van der Waals surface area contributed by atoms with Gasteiger partial charge in [0.2, 0.25) is 5.91 Å². The molecule has 0 aliphatic carbocycles. The number of aryl methyl sites for hydroxylation is 1. The molecule has 1 amide bonds. The van der Waals surface area contributed by atoms with Crippen molar-refractivity contribution in [2.24, 2.45) is 0 Å². The molecule has 2 heterocycles. The van der Waals surface area contributed by atoms with Crippen LogP contribution in [0, 0.1) is 0 Å². The van der Waals surface area contributed by atoms with E-state index in [2.05, 4.69) is 9.88 Å². The van der Waals surface area contributed by atoms with Gasteiger partial charge in [-0.1, -0.05) is 18.2 Å². The number of carbonyl (C=O) groups excluding carboxylic acids is 1. The Kier molecular flexibility index (Phi) is 5.12. The summed E-state index contributed by atoms with van der Waals surface area (Å²) in [6, 6.07) is 7.89. The van der Waals surface area contributed by atoms with E-state index in [4.69, 9.17) is 4.74 Å². The molecule has 0 spiro atoms. The van der Waals surface area contributed by atoms with Crippen molar-refractivity contribution in [2.75, 3.05) is 38.2 Å². The second-order valence-electron chi connectivity index (χ2n) is 5.49. The van der Waals surface area contributed by atoms with Crippen LogP contribution < -0.4 is 9.64 Å². The van der Waals surface area contributed by atoms with Crippen molar-refractivity contribution >= 4 is 22.4 Å². The first kappa shape index (κ1) is 15.8. The van der Waals surface area contributed by atoms with Crippen molar-refractivity contribution in [1.29, 1.82) is 0 Å². The molecule has 6 heteroatoms. The largest absolute Gasteiger partial charge is 0.496 e. The first-order valence-electron chi connectivity index (χ1n) is 7.82. The molecule has 0 unspecified atom stereocenters. The van der Waals surface area contributed by atoms with Gasteiger partial charge in [0.1, 0.15) is 5.75 Å². The first-order chi connectivity index (χ1) is 11.3. The Morgan fingerprint density at radius 1 is 1.26 bits per heavy atom. The fourth-order valence-electron chi connectivity index (χ4n) is 2.83. The van der Waals surface area contributed by atoms with E-state index in [9.17, 15) is 4.79 Å². The standard InChI is InChI=1S/C17H21N3O2S/c1-22-15-5-3-2-4-14(15)6-7-16(21)19-9-11-20(12-10-19)17-18-8-13-23-17/h2-5,8,13H,6-7,9-12H2,1H3. The molecule has 5 nitrogen and oxygen atoms in total. The monoisotopic (exact) mass is 331 g/mol. The van der Waals surface area contributed by atoms with Crippen LogP contribution in [0.2, 0.25) is 0 Å². The number of rotatable bonds is 5. The number of thiazole rings is 1. The van der Waals surface area contributed by atoms with Gasteiger partial charge >= 0.3 is 0 Å². The predicted molar refractivity (Wildman–Crippen MR) is 92.2 cm³/mol. The minimum Gasteiger partial charge on any atom is -0.496 e. The van der Waals surface area contributed by atoms with Crippen molar-refractivity contribution in [3.05, 3.63) is 41.4 Å². The van der Waals surface area contributed by atoms with Gasteiger partial charge in [-0.3, -0.25) is 4.79 Å². The molecule has 0 N–H and O–H groups in total. The number of ether oxygens (including phenoxy) is 1. The maximum absolute atomic E-state index is 12.4. The molecular weight excluding hydrogens is 310 g/mol. The summed E-state index contributed by atoms with van der Waals surface area (Å²) in [7, 11) is 1.67. The molecule has 1 aliphatic heterocycles. The van der Waals surface area contributed by atoms with Gasteiger partial charge in [0.25, 0.3) is 0 Å². The van der Waals surface area contributed by atoms with Crippen LogP contribution in [0.15, 0.2) is 35.8 Å². The molecule has 3 rings (SSSR count). The summed E-state index contributed by atoms with van der Waals surface area (Å²) in [5, 5.41) is 3.03. The van der Waals surface area contributed by atoms with E-state index in [-0.39, 0.29) is 5.91 Å². The number of carbonyl (C=O) groups is 1. The van der Waals surface area contributed by atoms with Crippen molar-refractivity contribution < 1.29 is 9.53 Å². The van der Waals surface area contributed by atoms with E-state index in [1.54, 1.807) is 18.4 Å². The van der Waals surface area contributed by atoms with Gasteiger partial charge in [-0.2, -0.15) is 0 Å². The Balaban J connectivity index is 1.50. The SMILES string of the molecule is COc1ccccc1CCC(=O)N1CCN(c2nccs2)CC1. The number of nitrogens with zero attached hydrogens (tertiary/aromatic N) is 3. The molecule has 1 fully saturated rings. The zero-order valence-electron chi connectivity index (χ0n) is 13.3. The lowest BCUT2D eigenvalue weighted by Gasteiger charge is -2.34. The van der Waals surface area contributed by atoms with Crippen LogP contribution in [0.25, 0.3) is 0 Å². The van der Waals surface area contributed by atoms with Gasteiger partial charge in [0, 0.05) is 44.2 Å². The summed E-state index contributed by atoms with van der Waals surface area (Å²) in [6.07, 6.45) is 3.07. The number of amides is 1. The minimum atomic E-state index is 0.217. The highest BCUT2D eigenvalue weighted by Gasteiger charge is 2.22. The molecule has 23 heavy (non-hydrogen) atoms. The fourth-order valence-corrected chi connectivity index (χ4v) is 3.53. The highest BCUT2D eigenvalue weighted by Crippen LogP contribution is 2.21. The molecule has 0 saturated carbocycles. The van der Waals surface area contributed by atoms with Crippen LogP contribution in [0.1, 0.15) is 12.0 Å². The van der Waals surface area contributed by atoms with Gasteiger partial charge in [-0.05, 0) is 18.1 Å². The highest BCUT2D eigenvalue weighted by molar-refractivity contribution is 7.13. The number of anilines is 1. The van der Waals surface area contributed by atoms with Gasteiger partial charge in [0.15, 0.2) is 5.13 Å². The highest BCUT2D eigenvalue weighted by atomic mass is 32.1. The number of hydrogen-bond acceptors (Lipinski definition) is 5. The van der Waals surface area contributed by atoms with E-state index in [1.807, 2.05) is 40.7 Å². The van der Waals surface area contributed by atoms with Gasteiger partial charge < -0.3 is 14.5 Å². The lowest BCUT2D eigenvalue weighted by Crippen LogP contribution is -2.48. The molecule has 122 valence electrons. The average Bonchev–Trinajstić information content (AvgIpc) is 3.14. The fraction of sp³-hybridized carbons (Fsp3) is 0.412. The molecule has 1 saturated heterocycles. The van der Waals surface area contributed by atoms with Crippen LogP contribution in [-0.2, 0) is 11.2 Å². The summed E-state index contributed by atoms with van der Waals surface area (Å²) in [5.74, 6) is 1.07. The molecule has 2 aromatic rings. The van der Waals surface area contributed by atoms with Crippen LogP contribution >= 0.6 is 11.3 Å². The Hall–Kier alpha value is -2.08. The number of hydrogen-bond donors (Lipinski definition) is 0. The maximum Gasteiger partial charge on any atom is 0.223 e. The normalized spacial score (nSPS) is 14.8. The quantitative estimate of drug-likeness (QED) is 0.844. The lowest BCUT2D eigenvalue weighted by atomic mass is 10.1. The minimum absolute atomic E-state index is 0.217. The Labute approximate surface area is 140 Å². The number of methoxy groups -OCH3 is 1. The third kappa shape index (κ3) is 3.82. The molecular formula is C17H21N3O2S. The first-order valence-corrected chi connectivity index (χ1v) is 8.70. The Bertz CT molecular complexity index is 637. The predicted octanol–water partition coefficient (Wildman–Crippen LogP) is 2.43. The maximum atomic E-state index is 12.4. The van der Waals surface area contributed by atoms with Crippen LogP contribution in [-0.4, -0.2) is 49.1 Å². The topological polar surface area (TPSA) is 45.7 Å². The van der Waals surface area contributed by atoms with Gasteiger partial charge in [-0.25, -0.2) is 4.98 Å². The molecule has 0 bridgehead atoms. The van der Waals surface area contributed by atoms with E-state index >= 15 is 0 Å². The molecule has 0 atom stereocenters. The third-order valence-electron chi connectivity index (χ3n) is 4.12. The summed E-state index contributed by atoms with van der Waals surface area (Å²) in [4.78, 5) is 21.0. The zero-order chi connectivity index (χ0) is 16.1. The van der Waals surface area contributed by atoms with Crippen LogP contribution in [0.4, 0.5) is 5.13 Å². The number of para-hydroxylation sites is 1. The van der Waals surface area contributed by atoms with Crippen LogP contribution in [0.3, 0.4) is 0 Å². The average molecular weight is 331 g/mol. The summed E-state index contributed by atoms with van der Waals surface area (Å²) in [6.45, 7) is 3.25. The second-order valence-corrected chi connectivity index (χ2v) is 6.37. The lowest BCUT2D eigenvalue weighted by molar-refractivity contribution is -0.131. The second kappa shape index (κ2) is 7.46. The molecule has 1 aliphatic rings. The number of aromatic nitrogens is 1. The Morgan fingerprint density at radius 2 is 2.04 bits per heavy atom. The van der Waals surface area contributed by atoms with Gasteiger partial charge in [0.05, 0.1) is 7.11 Å². The van der Waals surface area contributed by atoms with Crippen LogP contribution in [0.5, 0.6) is 5.75 Å². The third-order valence-corrected chi connectivity index (χ3v) is 4.96. The number of piperazine rings is 1. The van der Waals surface area contributed by atoms with Crippen molar-refractivity contribution in [1.82, 2.24) is 9.88 Å².